The quantitative estimate of drug-likeness (QED) is 0.670. The van der Waals surface area contributed by atoms with E-state index in [1.54, 1.807) is 7.11 Å². The van der Waals surface area contributed by atoms with E-state index in [1.165, 1.54) is 19.4 Å². The average Bonchev–Trinajstić information content (AvgIpc) is 3.05. The molecule has 1 saturated carbocycles. The van der Waals surface area contributed by atoms with Crippen LogP contribution in [0.25, 0.3) is 0 Å². The molecule has 1 aliphatic rings. The lowest BCUT2D eigenvalue weighted by atomic mass is 9.92. The first-order valence-corrected chi connectivity index (χ1v) is 6.91. The van der Waals surface area contributed by atoms with E-state index < -0.39 is 0 Å². The Morgan fingerprint density at radius 1 is 1.35 bits per heavy atom. The minimum absolute atomic E-state index is 0.334. The van der Waals surface area contributed by atoms with E-state index in [4.69, 9.17) is 4.74 Å². The van der Waals surface area contributed by atoms with Crippen molar-refractivity contribution in [2.75, 3.05) is 33.4 Å². The molecule has 1 rings (SSSR count). The van der Waals surface area contributed by atoms with Gasteiger partial charge >= 0.3 is 0 Å². The molecule has 0 heterocycles. The van der Waals surface area contributed by atoms with E-state index in [0.717, 1.165) is 25.7 Å². The monoisotopic (exact) mass is 242 g/mol. The molecule has 1 aliphatic carbocycles. The van der Waals surface area contributed by atoms with Crippen molar-refractivity contribution in [1.82, 2.24) is 10.2 Å². The van der Waals surface area contributed by atoms with E-state index >= 15 is 0 Å². The van der Waals surface area contributed by atoms with Gasteiger partial charge in [-0.05, 0) is 18.3 Å². The van der Waals surface area contributed by atoms with Gasteiger partial charge in [0.1, 0.15) is 0 Å². The average molecular weight is 242 g/mol. The minimum Gasteiger partial charge on any atom is -0.383 e. The smallest absolute Gasteiger partial charge is 0.0589 e. The Kier molecular flexibility index (Phi) is 5.90. The molecular weight excluding hydrogens is 212 g/mol. The lowest BCUT2D eigenvalue weighted by Crippen LogP contribution is -2.44. The van der Waals surface area contributed by atoms with E-state index in [2.05, 4.69) is 37.9 Å². The summed E-state index contributed by atoms with van der Waals surface area (Å²) in [7, 11) is 1.79. The highest BCUT2D eigenvalue weighted by Crippen LogP contribution is 2.29. The van der Waals surface area contributed by atoms with Crippen molar-refractivity contribution in [3.8, 4) is 0 Å². The maximum absolute atomic E-state index is 5.21. The van der Waals surface area contributed by atoms with Gasteiger partial charge in [-0.15, -0.1) is 0 Å². The fourth-order valence-corrected chi connectivity index (χ4v) is 2.13. The lowest BCUT2D eigenvalue weighted by Gasteiger charge is -2.33. The molecule has 0 aromatic rings. The molecule has 0 radical (unpaired) electrons. The third-order valence-corrected chi connectivity index (χ3v) is 3.27. The van der Waals surface area contributed by atoms with Crippen LogP contribution in [0.5, 0.6) is 0 Å². The highest BCUT2D eigenvalue weighted by atomic mass is 16.5. The zero-order chi connectivity index (χ0) is 12.9. The molecule has 0 aliphatic heterocycles. The molecule has 0 aromatic carbocycles. The summed E-state index contributed by atoms with van der Waals surface area (Å²) in [4.78, 5) is 2.60. The molecule has 1 N–H and O–H groups in total. The van der Waals surface area contributed by atoms with Crippen LogP contribution in [0.1, 0.15) is 40.5 Å². The van der Waals surface area contributed by atoms with Gasteiger partial charge in [-0.25, -0.2) is 0 Å². The van der Waals surface area contributed by atoms with Gasteiger partial charge < -0.3 is 10.1 Å². The largest absolute Gasteiger partial charge is 0.383 e. The summed E-state index contributed by atoms with van der Waals surface area (Å²) in [6, 6.07) is 1.39. The van der Waals surface area contributed by atoms with Gasteiger partial charge in [0.15, 0.2) is 0 Å². The number of hydrogen-bond acceptors (Lipinski definition) is 3. The first kappa shape index (κ1) is 14.9. The van der Waals surface area contributed by atoms with Crippen LogP contribution in [-0.2, 0) is 4.74 Å². The molecule has 17 heavy (non-hydrogen) atoms. The lowest BCUT2D eigenvalue weighted by molar-refractivity contribution is 0.111. The number of ether oxygens (including phenoxy) is 1. The highest BCUT2D eigenvalue weighted by molar-refractivity contribution is 4.88. The summed E-state index contributed by atoms with van der Waals surface area (Å²) < 4.78 is 5.21. The molecule has 0 atom stereocenters. The fourth-order valence-electron chi connectivity index (χ4n) is 2.13. The predicted molar refractivity (Wildman–Crippen MR) is 73.4 cm³/mol. The minimum atomic E-state index is 0.334. The summed E-state index contributed by atoms with van der Waals surface area (Å²) in [6.45, 7) is 13.3. The van der Waals surface area contributed by atoms with Gasteiger partial charge in [-0.2, -0.15) is 0 Å². The Bertz CT molecular complexity index is 212. The first-order chi connectivity index (χ1) is 7.94. The number of nitrogens with zero attached hydrogens (tertiary/aromatic N) is 1. The van der Waals surface area contributed by atoms with Crippen LogP contribution in [0.15, 0.2) is 0 Å². The van der Waals surface area contributed by atoms with E-state index in [9.17, 15) is 0 Å². The second-order valence-electron chi connectivity index (χ2n) is 6.39. The van der Waals surface area contributed by atoms with Crippen molar-refractivity contribution >= 4 is 0 Å². The summed E-state index contributed by atoms with van der Waals surface area (Å²) in [5, 5.41) is 3.55. The Balaban J connectivity index is 2.35. The SMILES string of the molecule is COCCN(CC(C)(C)CNC(C)C)C1CC1. The van der Waals surface area contributed by atoms with Crippen LogP contribution >= 0.6 is 0 Å². The Hall–Kier alpha value is -0.120. The molecule has 0 amide bonds. The van der Waals surface area contributed by atoms with Crippen molar-refractivity contribution in [2.45, 2.75) is 52.6 Å². The molecule has 0 bridgehead atoms. The van der Waals surface area contributed by atoms with Crippen molar-refractivity contribution in [1.29, 1.82) is 0 Å². The van der Waals surface area contributed by atoms with Crippen LogP contribution in [0.2, 0.25) is 0 Å². The van der Waals surface area contributed by atoms with Crippen molar-refractivity contribution in [2.24, 2.45) is 5.41 Å². The maximum Gasteiger partial charge on any atom is 0.0589 e. The van der Waals surface area contributed by atoms with Crippen molar-refractivity contribution in [3.63, 3.8) is 0 Å². The third-order valence-electron chi connectivity index (χ3n) is 3.27. The van der Waals surface area contributed by atoms with Crippen molar-refractivity contribution in [3.05, 3.63) is 0 Å². The highest BCUT2D eigenvalue weighted by Gasteiger charge is 2.32. The number of hydrogen-bond donors (Lipinski definition) is 1. The normalized spacial score (nSPS) is 17.1. The molecule has 1 fully saturated rings. The van der Waals surface area contributed by atoms with Gasteiger partial charge in [0.05, 0.1) is 6.61 Å². The maximum atomic E-state index is 5.21. The zero-order valence-electron chi connectivity index (χ0n) is 12.3. The van der Waals surface area contributed by atoms with Gasteiger partial charge in [0.25, 0.3) is 0 Å². The molecule has 0 saturated heterocycles. The molecule has 0 spiro atoms. The Labute approximate surface area is 107 Å². The van der Waals surface area contributed by atoms with Crippen LogP contribution in [0.3, 0.4) is 0 Å². The number of rotatable bonds is 9. The van der Waals surface area contributed by atoms with Gasteiger partial charge in [0.2, 0.25) is 0 Å². The Morgan fingerprint density at radius 2 is 2.00 bits per heavy atom. The van der Waals surface area contributed by atoms with Crippen LogP contribution < -0.4 is 5.32 Å². The summed E-state index contributed by atoms with van der Waals surface area (Å²) in [5.41, 5.74) is 0.334. The van der Waals surface area contributed by atoms with Gasteiger partial charge in [-0.1, -0.05) is 27.7 Å². The molecule has 0 unspecified atom stereocenters. The fraction of sp³-hybridized carbons (Fsp3) is 1.00. The first-order valence-electron chi connectivity index (χ1n) is 6.91. The van der Waals surface area contributed by atoms with Gasteiger partial charge in [-0.3, -0.25) is 4.90 Å². The van der Waals surface area contributed by atoms with Gasteiger partial charge in [0, 0.05) is 38.8 Å². The molecule has 3 heteroatoms. The third kappa shape index (κ3) is 6.39. The topological polar surface area (TPSA) is 24.5 Å². The number of methoxy groups -OCH3 is 1. The van der Waals surface area contributed by atoms with Crippen LogP contribution in [0, 0.1) is 5.41 Å². The summed E-state index contributed by atoms with van der Waals surface area (Å²) in [6.07, 6.45) is 2.74. The predicted octanol–water partition coefficient (Wildman–Crippen LogP) is 2.12. The molecule has 102 valence electrons. The summed E-state index contributed by atoms with van der Waals surface area (Å²) in [5.74, 6) is 0. The standard InChI is InChI=1S/C14H30N2O/c1-12(2)15-10-14(3,4)11-16(8-9-17-5)13-6-7-13/h12-13,15H,6-11H2,1-5H3. The Morgan fingerprint density at radius 3 is 2.47 bits per heavy atom. The van der Waals surface area contributed by atoms with Crippen LogP contribution in [-0.4, -0.2) is 50.3 Å². The van der Waals surface area contributed by atoms with Crippen LogP contribution in [0.4, 0.5) is 0 Å². The van der Waals surface area contributed by atoms with Crippen molar-refractivity contribution < 1.29 is 4.74 Å². The zero-order valence-corrected chi connectivity index (χ0v) is 12.3. The molecular formula is C14H30N2O. The number of nitrogens with one attached hydrogen (secondary N) is 1. The van der Waals surface area contributed by atoms with E-state index in [-0.39, 0.29) is 0 Å². The molecule has 3 nitrogen and oxygen atoms in total. The molecule has 0 aromatic heterocycles. The van der Waals surface area contributed by atoms with E-state index in [0.29, 0.717) is 11.5 Å². The second-order valence-corrected chi connectivity index (χ2v) is 6.39. The summed E-state index contributed by atoms with van der Waals surface area (Å²) >= 11 is 0. The second kappa shape index (κ2) is 6.72. The van der Waals surface area contributed by atoms with E-state index in [1.807, 2.05) is 0 Å².